The molecule has 0 aromatic heterocycles. The van der Waals surface area contributed by atoms with E-state index in [0.29, 0.717) is 0 Å². The molecule has 0 saturated carbocycles. The zero-order valence-corrected chi connectivity index (χ0v) is 9.55. The largest absolute Gasteiger partial charge is 0.367 e. The Morgan fingerprint density at radius 2 is 2.14 bits per heavy atom. The molecule has 1 aliphatic rings. The van der Waals surface area contributed by atoms with E-state index in [-0.39, 0.29) is 17.4 Å². The smallest absolute Gasteiger partial charge is 0.230 e. The topological polar surface area (TPSA) is 32.3 Å². The molecule has 0 aliphatic carbocycles. The molecule has 0 aromatic carbocycles. The molecule has 1 unspecified atom stereocenters. The van der Waals surface area contributed by atoms with E-state index in [4.69, 9.17) is 0 Å². The van der Waals surface area contributed by atoms with Crippen molar-refractivity contribution in [1.29, 1.82) is 0 Å². The van der Waals surface area contributed by atoms with Gasteiger partial charge in [-0.05, 0) is 27.2 Å². The molecule has 0 bridgehead atoms. The summed E-state index contributed by atoms with van der Waals surface area (Å²) in [6, 6.07) is 0. The van der Waals surface area contributed by atoms with Crippen molar-refractivity contribution in [2.75, 3.05) is 6.54 Å². The number of nitrogens with zero attached hydrogens (tertiary/aromatic N) is 1. The Morgan fingerprint density at radius 1 is 1.57 bits per heavy atom. The van der Waals surface area contributed by atoms with Crippen LogP contribution in [0, 0.1) is 5.92 Å². The van der Waals surface area contributed by atoms with Gasteiger partial charge in [0.1, 0.15) is 5.82 Å². The first-order valence-electron chi connectivity index (χ1n) is 5.10. The first kappa shape index (κ1) is 11.1. The first-order valence-corrected chi connectivity index (χ1v) is 5.10. The van der Waals surface area contributed by atoms with Crippen LogP contribution in [0.5, 0.6) is 0 Å². The minimum Gasteiger partial charge on any atom is -0.367 e. The number of hydrogen-bond donors (Lipinski definition) is 1. The maximum atomic E-state index is 11.7. The summed E-state index contributed by atoms with van der Waals surface area (Å²) < 4.78 is 0. The van der Waals surface area contributed by atoms with Crippen LogP contribution in [0.1, 0.15) is 34.1 Å². The molecule has 80 valence electrons. The molecule has 1 amide bonds. The lowest BCUT2D eigenvalue weighted by Gasteiger charge is -2.28. The standard InChI is InChI=1S/C11H20N2O/c1-8-6-7-13(10(8)14)9(2)12-11(3,4)5/h8,12H,2,6-7H2,1,3-5H3. The average Bonchev–Trinajstić information content (AvgIpc) is 2.29. The number of rotatable bonds is 2. The monoisotopic (exact) mass is 196 g/mol. The Bertz CT molecular complexity index is 253. The number of amides is 1. The predicted octanol–water partition coefficient (Wildman–Crippen LogP) is 1.71. The number of carbonyl (C=O) groups excluding carboxylic acids is 1. The van der Waals surface area contributed by atoms with E-state index in [2.05, 4.69) is 32.7 Å². The lowest BCUT2D eigenvalue weighted by molar-refractivity contribution is -0.129. The molecule has 1 aliphatic heterocycles. The molecule has 3 heteroatoms. The van der Waals surface area contributed by atoms with E-state index >= 15 is 0 Å². The van der Waals surface area contributed by atoms with Crippen molar-refractivity contribution in [2.45, 2.75) is 39.7 Å². The van der Waals surface area contributed by atoms with Gasteiger partial charge in [-0.25, -0.2) is 0 Å². The number of nitrogens with one attached hydrogen (secondary N) is 1. The van der Waals surface area contributed by atoms with E-state index < -0.39 is 0 Å². The summed E-state index contributed by atoms with van der Waals surface area (Å²) in [4.78, 5) is 13.4. The summed E-state index contributed by atoms with van der Waals surface area (Å²) >= 11 is 0. The van der Waals surface area contributed by atoms with Gasteiger partial charge in [0.2, 0.25) is 5.91 Å². The molecule has 0 aromatic rings. The van der Waals surface area contributed by atoms with Crippen molar-refractivity contribution in [2.24, 2.45) is 5.92 Å². The summed E-state index contributed by atoms with van der Waals surface area (Å²) in [6.07, 6.45) is 0.934. The fourth-order valence-corrected chi connectivity index (χ4v) is 1.59. The van der Waals surface area contributed by atoms with Crippen molar-refractivity contribution in [1.82, 2.24) is 10.2 Å². The Kier molecular flexibility index (Phi) is 2.88. The number of likely N-dealkylation sites (tertiary alicyclic amines) is 1. The fraction of sp³-hybridized carbons (Fsp3) is 0.727. The molecule has 1 atom stereocenters. The minimum atomic E-state index is -0.0385. The molecule has 14 heavy (non-hydrogen) atoms. The molecule has 1 heterocycles. The van der Waals surface area contributed by atoms with Crippen LogP contribution in [-0.4, -0.2) is 22.9 Å². The van der Waals surface area contributed by atoms with Crippen molar-refractivity contribution < 1.29 is 4.79 Å². The van der Waals surface area contributed by atoms with Gasteiger partial charge >= 0.3 is 0 Å². The third kappa shape index (κ3) is 2.50. The van der Waals surface area contributed by atoms with Crippen molar-refractivity contribution in [3.05, 3.63) is 12.4 Å². The molecule has 1 N–H and O–H groups in total. The zero-order valence-electron chi connectivity index (χ0n) is 9.55. The van der Waals surface area contributed by atoms with Crippen LogP contribution >= 0.6 is 0 Å². The Labute approximate surface area is 86.2 Å². The lowest BCUT2D eigenvalue weighted by Crippen LogP contribution is -2.42. The highest BCUT2D eigenvalue weighted by molar-refractivity contribution is 5.82. The molecule has 0 radical (unpaired) electrons. The van der Waals surface area contributed by atoms with Crippen LogP contribution in [0.25, 0.3) is 0 Å². The second-order valence-electron chi connectivity index (χ2n) is 5.00. The van der Waals surface area contributed by atoms with E-state index in [0.717, 1.165) is 18.8 Å². The average molecular weight is 196 g/mol. The second-order valence-corrected chi connectivity index (χ2v) is 5.00. The zero-order chi connectivity index (χ0) is 10.9. The molecule has 1 fully saturated rings. The predicted molar refractivity (Wildman–Crippen MR) is 57.5 cm³/mol. The van der Waals surface area contributed by atoms with Gasteiger partial charge in [0.25, 0.3) is 0 Å². The van der Waals surface area contributed by atoms with Crippen LogP contribution in [0.4, 0.5) is 0 Å². The second kappa shape index (κ2) is 3.64. The van der Waals surface area contributed by atoms with Crippen LogP contribution in [0.2, 0.25) is 0 Å². The summed E-state index contributed by atoms with van der Waals surface area (Å²) in [6.45, 7) is 12.8. The lowest BCUT2D eigenvalue weighted by atomic mass is 10.1. The van der Waals surface area contributed by atoms with Gasteiger partial charge in [0, 0.05) is 18.0 Å². The number of carbonyl (C=O) groups is 1. The third-order valence-electron chi connectivity index (χ3n) is 2.32. The molecular weight excluding hydrogens is 176 g/mol. The summed E-state index contributed by atoms with van der Waals surface area (Å²) in [5, 5.41) is 3.22. The summed E-state index contributed by atoms with van der Waals surface area (Å²) in [7, 11) is 0. The molecule has 3 nitrogen and oxygen atoms in total. The van der Waals surface area contributed by atoms with Crippen molar-refractivity contribution in [3.8, 4) is 0 Å². The van der Waals surface area contributed by atoms with Gasteiger partial charge in [-0.2, -0.15) is 0 Å². The van der Waals surface area contributed by atoms with E-state index in [1.165, 1.54) is 0 Å². The van der Waals surface area contributed by atoms with Crippen LogP contribution in [0.3, 0.4) is 0 Å². The SMILES string of the molecule is C=C(NC(C)(C)C)N1CCC(C)C1=O. The summed E-state index contributed by atoms with van der Waals surface area (Å²) in [5.41, 5.74) is -0.0385. The summed E-state index contributed by atoms with van der Waals surface area (Å²) in [5.74, 6) is 1.06. The highest BCUT2D eigenvalue weighted by Gasteiger charge is 2.30. The van der Waals surface area contributed by atoms with Crippen LogP contribution in [0.15, 0.2) is 12.4 Å². The molecular formula is C11H20N2O. The maximum Gasteiger partial charge on any atom is 0.230 e. The quantitative estimate of drug-likeness (QED) is 0.729. The maximum absolute atomic E-state index is 11.7. The number of hydrogen-bond acceptors (Lipinski definition) is 2. The minimum absolute atomic E-state index is 0.0385. The molecule has 1 saturated heterocycles. The Balaban J connectivity index is 2.59. The highest BCUT2D eigenvalue weighted by atomic mass is 16.2. The Hall–Kier alpha value is -0.990. The third-order valence-corrected chi connectivity index (χ3v) is 2.32. The van der Waals surface area contributed by atoms with Crippen molar-refractivity contribution >= 4 is 5.91 Å². The van der Waals surface area contributed by atoms with Gasteiger partial charge in [-0.3, -0.25) is 9.69 Å². The van der Waals surface area contributed by atoms with E-state index in [9.17, 15) is 4.79 Å². The van der Waals surface area contributed by atoms with Gasteiger partial charge in [-0.15, -0.1) is 0 Å². The van der Waals surface area contributed by atoms with E-state index in [1.807, 2.05) is 6.92 Å². The normalized spacial score (nSPS) is 22.7. The van der Waals surface area contributed by atoms with Crippen LogP contribution < -0.4 is 5.32 Å². The highest BCUT2D eigenvalue weighted by Crippen LogP contribution is 2.20. The molecule has 0 spiro atoms. The van der Waals surface area contributed by atoms with Crippen LogP contribution in [-0.2, 0) is 4.79 Å². The van der Waals surface area contributed by atoms with E-state index in [1.54, 1.807) is 4.90 Å². The fourth-order valence-electron chi connectivity index (χ4n) is 1.59. The first-order chi connectivity index (χ1) is 6.31. The van der Waals surface area contributed by atoms with Gasteiger partial charge in [0.15, 0.2) is 0 Å². The van der Waals surface area contributed by atoms with Gasteiger partial charge in [-0.1, -0.05) is 13.5 Å². The Morgan fingerprint density at radius 3 is 2.50 bits per heavy atom. The van der Waals surface area contributed by atoms with Crippen molar-refractivity contribution in [3.63, 3.8) is 0 Å². The van der Waals surface area contributed by atoms with Gasteiger partial charge in [0.05, 0.1) is 0 Å². The van der Waals surface area contributed by atoms with Gasteiger partial charge < -0.3 is 5.32 Å². The molecule has 1 rings (SSSR count).